The lowest BCUT2D eigenvalue weighted by Crippen LogP contribution is -2.14. The molecule has 0 bridgehead atoms. The third-order valence-corrected chi connectivity index (χ3v) is 6.41. The van der Waals surface area contributed by atoms with Gasteiger partial charge in [-0.15, -0.1) is 0 Å². The number of fused-ring (bicyclic) bond motifs is 2. The summed E-state index contributed by atoms with van der Waals surface area (Å²) in [5, 5.41) is 0. The van der Waals surface area contributed by atoms with Crippen LogP contribution in [0.3, 0.4) is 0 Å². The summed E-state index contributed by atoms with van der Waals surface area (Å²) in [7, 11) is -1.03. The molecule has 0 saturated heterocycles. The molecule has 0 aliphatic carbocycles. The lowest BCUT2D eigenvalue weighted by molar-refractivity contribution is 0.417. The lowest BCUT2D eigenvalue weighted by Gasteiger charge is -2.13. The smallest absolute Gasteiger partial charge is 0.419 e. The first-order chi connectivity index (χ1) is 15.4. The third kappa shape index (κ3) is 3.28. The topological polar surface area (TPSA) is 121 Å². The number of hydrogen-bond acceptors (Lipinski definition) is 7. The summed E-state index contributed by atoms with van der Waals surface area (Å²) >= 11 is 0. The fourth-order valence-corrected chi connectivity index (χ4v) is 4.47. The first-order valence-corrected chi connectivity index (χ1v) is 10.9. The maximum Gasteiger partial charge on any atom is 0.419 e. The molecule has 0 fully saturated rings. The molecule has 0 amide bonds. The number of rotatable bonds is 5. The van der Waals surface area contributed by atoms with E-state index in [1.807, 2.05) is 6.20 Å². The molecule has 3 heterocycles. The number of sulfonamides is 1. The van der Waals surface area contributed by atoms with Gasteiger partial charge in [0.2, 0.25) is 5.78 Å². The van der Waals surface area contributed by atoms with Crippen LogP contribution >= 0.6 is 0 Å². The molecular weight excluding hydrogens is 434 g/mol. The Kier molecular flexibility index (Phi) is 4.48. The van der Waals surface area contributed by atoms with Crippen molar-refractivity contribution >= 4 is 32.6 Å². The van der Waals surface area contributed by atoms with Crippen molar-refractivity contribution in [2.24, 2.45) is 7.05 Å². The van der Waals surface area contributed by atoms with E-state index in [4.69, 9.17) is 9.15 Å². The third-order valence-electron chi connectivity index (χ3n) is 5.05. The molecule has 5 rings (SSSR count). The Morgan fingerprint density at radius 3 is 2.78 bits per heavy atom. The van der Waals surface area contributed by atoms with E-state index in [0.717, 1.165) is 0 Å². The molecule has 32 heavy (non-hydrogen) atoms. The second kappa shape index (κ2) is 7.24. The molecule has 11 heteroatoms. The standard InChI is InChI=1S/C21H17N5O5S/c1-25-17-11-14(5-7-19(17)31-21(25)27)32(28,29)24-15-10-13(4-6-18(15)30-2)16-12-26-9-3-8-22-20(26)23-16/h3-12,24H,1-2H3. The molecule has 0 unspecified atom stereocenters. The monoisotopic (exact) mass is 451 g/mol. The van der Waals surface area contributed by atoms with E-state index in [0.29, 0.717) is 33.9 Å². The molecule has 0 spiro atoms. The van der Waals surface area contributed by atoms with Gasteiger partial charge >= 0.3 is 5.76 Å². The number of nitrogens with zero attached hydrogens (tertiary/aromatic N) is 4. The molecule has 1 N–H and O–H groups in total. The minimum atomic E-state index is -3.99. The van der Waals surface area contributed by atoms with Crippen LogP contribution in [0, 0.1) is 0 Å². The Balaban J connectivity index is 1.55. The Morgan fingerprint density at radius 1 is 1.16 bits per heavy atom. The van der Waals surface area contributed by atoms with Crippen LogP contribution in [0.15, 0.2) is 75.2 Å². The quantitative estimate of drug-likeness (QED) is 0.436. The number of oxazole rings is 1. The normalized spacial score (nSPS) is 11.8. The van der Waals surface area contributed by atoms with E-state index in [-0.39, 0.29) is 10.6 Å². The number of ether oxygens (including phenoxy) is 1. The molecule has 0 aliphatic rings. The SMILES string of the molecule is COc1ccc(-c2cn3cccnc3n2)cc1NS(=O)(=O)c1ccc2oc(=O)n(C)c2c1. The van der Waals surface area contributed by atoms with Crippen molar-refractivity contribution in [2.45, 2.75) is 4.90 Å². The Hall–Kier alpha value is -4.12. The molecule has 0 aliphatic heterocycles. The van der Waals surface area contributed by atoms with Gasteiger partial charge in [0.1, 0.15) is 5.75 Å². The summed E-state index contributed by atoms with van der Waals surface area (Å²) < 4.78 is 42.2. The van der Waals surface area contributed by atoms with Gasteiger partial charge in [-0.2, -0.15) is 0 Å². The first kappa shape index (κ1) is 19.8. The maximum atomic E-state index is 13.1. The van der Waals surface area contributed by atoms with Gasteiger partial charge in [0.25, 0.3) is 10.0 Å². The molecule has 0 saturated carbocycles. The van der Waals surface area contributed by atoms with E-state index in [9.17, 15) is 13.2 Å². The fraction of sp³-hybridized carbons (Fsp3) is 0.0952. The predicted molar refractivity (Wildman–Crippen MR) is 117 cm³/mol. The van der Waals surface area contributed by atoms with Gasteiger partial charge in [0.05, 0.1) is 28.9 Å². The molecular formula is C21H17N5O5S. The van der Waals surface area contributed by atoms with Gasteiger partial charge < -0.3 is 9.15 Å². The Bertz CT molecular complexity index is 1620. The molecule has 10 nitrogen and oxygen atoms in total. The van der Waals surface area contributed by atoms with Crippen LogP contribution in [0.1, 0.15) is 0 Å². The Labute approximate surface area is 181 Å². The van der Waals surface area contributed by atoms with Gasteiger partial charge in [-0.05, 0) is 42.5 Å². The summed E-state index contributed by atoms with van der Waals surface area (Å²) in [4.78, 5) is 20.4. The van der Waals surface area contributed by atoms with Gasteiger partial charge in [-0.1, -0.05) is 0 Å². The maximum absolute atomic E-state index is 13.1. The number of anilines is 1. The number of aromatic nitrogens is 4. The number of aryl methyl sites for hydroxylation is 1. The van der Waals surface area contributed by atoms with Crippen LogP contribution in [0.25, 0.3) is 28.1 Å². The zero-order valence-electron chi connectivity index (χ0n) is 17.0. The van der Waals surface area contributed by atoms with E-state index < -0.39 is 15.8 Å². The first-order valence-electron chi connectivity index (χ1n) is 9.46. The van der Waals surface area contributed by atoms with Gasteiger partial charge in [-0.25, -0.2) is 23.2 Å². The van der Waals surface area contributed by atoms with Crippen LogP contribution in [-0.2, 0) is 17.1 Å². The summed E-state index contributed by atoms with van der Waals surface area (Å²) in [5.74, 6) is 0.300. The molecule has 5 aromatic rings. The van der Waals surface area contributed by atoms with Crippen LogP contribution in [0.5, 0.6) is 5.75 Å². The van der Waals surface area contributed by atoms with Crippen molar-refractivity contribution in [3.63, 3.8) is 0 Å². The van der Waals surface area contributed by atoms with Crippen molar-refractivity contribution in [3.8, 4) is 17.0 Å². The average molecular weight is 451 g/mol. The molecule has 3 aromatic heterocycles. The summed E-state index contributed by atoms with van der Waals surface area (Å²) in [6.07, 6.45) is 5.27. The molecule has 0 atom stereocenters. The average Bonchev–Trinajstić information content (AvgIpc) is 3.34. The summed E-state index contributed by atoms with van der Waals surface area (Å²) in [6.45, 7) is 0. The number of methoxy groups -OCH3 is 1. The minimum absolute atomic E-state index is 0.0224. The highest BCUT2D eigenvalue weighted by Crippen LogP contribution is 2.32. The Morgan fingerprint density at radius 2 is 2.00 bits per heavy atom. The van der Waals surface area contributed by atoms with Crippen molar-refractivity contribution in [1.29, 1.82) is 0 Å². The van der Waals surface area contributed by atoms with E-state index in [2.05, 4.69) is 14.7 Å². The predicted octanol–water partition coefficient (Wildman–Crippen LogP) is 2.65. The van der Waals surface area contributed by atoms with Crippen molar-refractivity contribution in [3.05, 3.63) is 71.6 Å². The highest BCUT2D eigenvalue weighted by molar-refractivity contribution is 7.92. The fourth-order valence-electron chi connectivity index (χ4n) is 3.39. The summed E-state index contributed by atoms with van der Waals surface area (Å²) in [5.41, 5.74) is 2.23. The number of nitrogens with one attached hydrogen (secondary N) is 1. The molecule has 2 aromatic carbocycles. The zero-order chi connectivity index (χ0) is 22.5. The second-order valence-electron chi connectivity index (χ2n) is 7.03. The largest absolute Gasteiger partial charge is 0.495 e. The van der Waals surface area contributed by atoms with E-state index >= 15 is 0 Å². The van der Waals surface area contributed by atoms with Crippen LogP contribution in [0.4, 0.5) is 5.69 Å². The van der Waals surface area contributed by atoms with E-state index in [1.54, 1.807) is 41.1 Å². The molecule has 0 radical (unpaired) electrons. The highest BCUT2D eigenvalue weighted by Gasteiger charge is 2.20. The van der Waals surface area contributed by atoms with Crippen molar-refractivity contribution in [2.75, 3.05) is 11.8 Å². The van der Waals surface area contributed by atoms with Crippen molar-refractivity contribution < 1.29 is 17.6 Å². The number of imidazole rings is 1. The minimum Gasteiger partial charge on any atom is -0.495 e. The lowest BCUT2D eigenvalue weighted by atomic mass is 10.1. The molecule has 162 valence electrons. The van der Waals surface area contributed by atoms with Gasteiger partial charge in [-0.3, -0.25) is 13.7 Å². The van der Waals surface area contributed by atoms with E-state index in [1.165, 1.54) is 36.9 Å². The van der Waals surface area contributed by atoms with Gasteiger partial charge in [0, 0.05) is 31.2 Å². The second-order valence-corrected chi connectivity index (χ2v) is 8.71. The number of benzene rings is 2. The summed E-state index contributed by atoms with van der Waals surface area (Å²) in [6, 6.07) is 11.1. The zero-order valence-corrected chi connectivity index (χ0v) is 17.8. The van der Waals surface area contributed by atoms with Crippen LogP contribution < -0.4 is 15.2 Å². The number of hydrogen-bond donors (Lipinski definition) is 1. The van der Waals surface area contributed by atoms with Crippen molar-refractivity contribution in [1.82, 2.24) is 18.9 Å². The van der Waals surface area contributed by atoms with Crippen LogP contribution in [-0.4, -0.2) is 34.5 Å². The van der Waals surface area contributed by atoms with Gasteiger partial charge in [0.15, 0.2) is 5.58 Å². The highest BCUT2D eigenvalue weighted by atomic mass is 32.2. The van der Waals surface area contributed by atoms with Crippen LogP contribution in [0.2, 0.25) is 0 Å².